The van der Waals surface area contributed by atoms with Crippen molar-refractivity contribution < 1.29 is 37.0 Å². The molecule has 0 spiro atoms. The van der Waals surface area contributed by atoms with Crippen LogP contribution in [0.5, 0.6) is 11.5 Å². The van der Waals surface area contributed by atoms with E-state index >= 15 is 0 Å². The number of anilines is 1. The van der Waals surface area contributed by atoms with Crippen molar-refractivity contribution in [2.45, 2.75) is 37.1 Å². The van der Waals surface area contributed by atoms with Gasteiger partial charge in [-0.2, -0.15) is 13.2 Å². The van der Waals surface area contributed by atoms with E-state index in [1.54, 1.807) is 23.1 Å². The van der Waals surface area contributed by atoms with E-state index < -0.39 is 35.8 Å². The lowest BCUT2D eigenvalue weighted by Crippen LogP contribution is -2.55. The number of benzene rings is 2. The summed E-state index contributed by atoms with van der Waals surface area (Å²) in [5, 5.41) is 0. The number of alkyl halides is 3. The molecule has 5 rings (SSSR count). The maximum absolute atomic E-state index is 13.2. The highest BCUT2D eigenvalue weighted by atomic mass is 19.4. The molecule has 3 fully saturated rings. The van der Waals surface area contributed by atoms with Crippen LogP contribution in [0, 0.1) is 0 Å². The fourth-order valence-corrected chi connectivity index (χ4v) is 5.27. The van der Waals surface area contributed by atoms with Gasteiger partial charge in [0.15, 0.2) is 11.5 Å². The van der Waals surface area contributed by atoms with Gasteiger partial charge in [0.2, 0.25) is 5.91 Å². The van der Waals surface area contributed by atoms with Crippen molar-refractivity contribution in [3.05, 3.63) is 53.6 Å². The van der Waals surface area contributed by atoms with Gasteiger partial charge in [-0.25, -0.2) is 9.69 Å². The van der Waals surface area contributed by atoms with E-state index in [1.165, 1.54) is 25.2 Å². The van der Waals surface area contributed by atoms with Crippen LogP contribution in [-0.2, 0) is 22.2 Å². The second-order valence-corrected chi connectivity index (χ2v) is 8.73. The summed E-state index contributed by atoms with van der Waals surface area (Å²) in [5.41, 5.74) is -0.379. The summed E-state index contributed by atoms with van der Waals surface area (Å²) < 4.78 is 50.0. The van der Waals surface area contributed by atoms with E-state index in [2.05, 4.69) is 0 Å². The number of methoxy groups -OCH3 is 2. The Kier molecular flexibility index (Phi) is 5.37. The van der Waals surface area contributed by atoms with Gasteiger partial charge in [-0.1, -0.05) is 12.1 Å². The minimum atomic E-state index is -4.61. The van der Waals surface area contributed by atoms with Gasteiger partial charge >= 0.3 is 12.2 Å². The molecule has 3 aliphatic rings. The molecule has 184 valence electrons. The lowest BCUT2D eigenvalue weighted by molar-refractivity contribution is -0.138. The Morgan fingerprint density at radius 2 is 1.80 bits per heavy atom. The number of hydrogen-bond acceptors (Lipinski definition) is 5. The Labute approximate surface area is 198 Å². The first kappa shape index (κ1) is 23.0. The fourth-order valence-electron chi connectivity index (χ4n) is 5.27. The zero-order valence-electron chi connectivity index (χ0n) is 18.9. The molecule has 2 aromatic rings. The summed E-state index contributed by atoms with van der Waals surface area (Å²) in [6.45, 7) is 0.267. The molecule has 2 aromatic carbocycles. The first-order chi connectivity index (χ1) is 16.6. The third-order valence-electron chi connectivity index (χ3n) is 6.82. The highest BCUT2D eigenvalue weighted by Gasteiger charge is 2.62. The third-order valence-corrected chi connectivity index (χ3v) is 6.82. The number of ether oxygens (including phenoxy) is 2. The molecule has 0 radical (unpaired) electrons. The predicted octanol–water partition coefficient (Wildman–Crippen LogP) is 3.09. The summed E-state index contributed by atoms with van der Waals surface area (Å²) in [4.78, 5) is 43.3. The number of carbonyl (C=O) groups excluding carboxylic acids is 3. The fraction of sp³-hybridized carbons (Fsp3) is 0.375. The van der Waals surface area contributed by atoms with Gasteiger partial charge in [-0.15, -0.1) is 0 Å². The number of amides is 4. The van der Waals surface area contributed by atoms with E-state index in [-0.39, 0.29) is 30.6 Å². The van der Waals surface area contributed by atoms with Crippen molar-refractivity contribution in [3.63, 3.8) is 0 Å². The van der Waals surface area contributed by atoms with Crippen LogP contribution >= 0.6 is 0 Å². The van der Waals surface area contributed by atoms with Crippen LogP contribution in [0.15, 0.2) is 42.5 Å². The minimum absolute atomic E-state index is 0.0653. The molecule has 0 aliphatic carbocycles. The highest BCUT2D eigenvalue weighted by molar-refractivity contribution is 6.22. The molecule has 35 heavy (non-hydrogen) atoms. The Morgan fingerprint density at radius 3 is 2.49 bits per heavy atom. The zero-order valence-corrected chi connectivity index (χ0v) is 18.9. The number of urea groups is 1. The van der Waals surface area contributed by atoms with Gasteiger partial charge in [-0.05, 0) is 42.3 Å². The van der Waals surface area contributed by atoms with Crippen molar-refractivity contribution in [1.29, 1.82) is 0 Å². The number of nitrogens with zero attached hydrogens (tertiary/aromatic N) is 3. The van der Waals surface area contributed by atoms with E-state index in [0.29, 0.717) is 23.5 Å². The summed E-state index contributed by atoms with van der Waals surface area (Å²) in [5.74, 6) is 0.192. The number of halogens is 3. The molecule has 0 saturated carbocycles. The SMILES string of the molecule is COc1ccc(CC(=O)N2C[C@@H]3C[C@H]2[C@@H]2C(=O)N(c4cccc(C(F)(F)F)c4)C(=O)N32)cc1OC. The summed E-state index contributed by atoms with van der Waals surface area (Å²) in [6.07, 6.45) is -4.09. The van der Waals surface area contributed by atoms with Crippen molar-refractivity contribution in [3.8, 4) is 11.5 Å². The third kappa shape index (κ3) is 3.65. The topological polar surface area (TPSA) is 79.4 Å². The lowest BCUT2D eigenvalue weighted by Gasteiger charge is -2.35. The maximum atomic E-state index is 13.2. The molecule has 2 bridgehead atoms. The van der Waals surface area contributed by atoms with E-state index in [4.69, 9.17) is 9.47 Å². The number of hydrogen-bond donors (Lipinski definition) is 0. The van der Waals surface area contributed by atoms with Crippen LogP contribution in [-0.4, -0.2) is 66.5 Å². The van der Waals surface area contributed by atoms with Crippen molar-refractivity contribution in [1.82, 2.24) is 9.80 Å². The molecule has 3 heterocycles. The Hall–Kier alpha value is -3.76. The van der Waals surface area contributed by atoms with Gasteiger partial charge in [0.1, 0.15) is 6.04 Å². The first-order valence-corrected chi connectivity index (χ1v) is 11.0. The molecule has 3 atom stereocenters. The van der Waals surface area contributed by atoms with Crippen LogP contribution in [0.25, 0.3) is 0 Å². The second-order valence-electron chi connectivity index (χ2n) is 8.73. The van der Waals surface area contributed by atoms with E-state index in [1.807, 2.05) is 0 Å². The number of fused-ring (bicyclic) bond motifs is 5. The quantitative estimate of drug-likeness (QED) is 0.604. The number of rotatable bonds is 5. The number of likely N-dealkylation sites (tertiary alicyclic amines) is 1. The molecule has 4 amide bonds. The normalized spacial score (nSPS) is 23.2. The maximum Gasteiger partial charge on any atom is 0.416 e. The molecule has 11 heteroatoms. The average molecular weight is 489 g/mol. The number of carbonyl (C=O) groups is 3. The first-order valence-electron chi connectivity index (χ1n) is 11.0. The van der Waals surface area contributed by atoms with Gasteiger partial charge in [0, 0.05) is 6.54 Å². The van der Waals surface area contributed by atoms with Gasteiger partial charge in [-0.3, -0.25) is 9.59 Å². The Balaban J connectivity index is 1.36. The Bertz CT molecular complexity index is 1220. The standard InChI is InChI=1S/C24H22F3N3O5/c1-34-18-7-6-13(8-19(18)35-2)9-20(31)28-12-16-11-17(28)21-22(32)30(23(33)29(16)21)15-5-3-4-14(10-15)24(25,26)27/h3-8,10,16-17,21H,9,11-12H2,1-2H3/t16-,17-,21+/m0/s1. The lowest BCUT2D eigenvalue weighted by atomic mass is 10.1. The van der Waals surface area contributed by atoms with Crippen molar-refractivity contribution in [2.24, 2.45) is 0 Å². The summed E-state index contributed by atoms with van der Waals surface area (Å²) >= 11 is 0. The predicted molar refractivity (Wildman–Crippen MR) is 117 cm³/mol. The van der Waals surface area contributed by atoms with Crippen LogP contribution in [0.2, 0.25) is 0 Å². The number of imide groups is 1. The monoisotopic (exact) mass is 489 g/mol. The van der Waals surface area contributed by atoms with Crippen LogP contribution in [0.1, 0.15) is 17.5 Å². The molecule has 3 saturated heterocycles. The van der Waals surface area contributed by atoms with Crippen molar-refractivity contribution in [2.75, 3.05) is 25.7 Å². The highest BCUT2D eigenvalue weighted by Crippen LogP contribution is 2.43. The van der Waals surface area contributed by atoms with Gasteiger partial charge in [0.25, 0.3) is 5.91 Å². The van der Waals surface area contributed by atoms with Crippen molar-refractivity contribution >= 4 is 23.5 Å². The minimum Gasteiger partial charge on any atom is -0.493 e. The average Bonchev–Trinajstić information content (AvgIpc) is 3.49. The molecule has 0 N–H and O–H groups in total. The summed E-state index contributed by atoms with van der Waals surface area (Å²) in [7, 11) is 3.01. The summed E-state index contributed by atoms with van der Waals surface area (Å²) in [6, 6.07) is 6.83. The smallest absolute Gasteiger partial charge is 0.416 e. The number of piperazine rings is 1. The van der Waals surface area contributed by atoms with Crippen LogP contribution in [0.3, 0.4) is 0 Å². The molecular formula is C24H22F3N3O5. The van der Waals surface area contributed by atoms with E-state index in [9.17, 15) is 27.6 Å². The zero-order chi connectivity index (χ0) is 25.1. The molecule has 0 aromatic heterocycles. The largest absolute Gasteiger partial charge is 0.493 e. The molecule has 3 aliphatic heterocycles. The van der Waals surface area contributed by atoms with Gasteiger partial charge < -0.3 is 19.3 Å². The van der Waals surface area contributed by atoms with Crippen LogP contribution < -0.4 is 14.4 Å². The Morgan fingerprint density at radius 1 is 1.06 bits per heavy atom. The van der Waals surface area contributed by atoms with Crippen LogP contribution in [0.4, 0.5) is 23.7 Å². The van der Waals surface area contributed by atoms with Gasteiger partial charge in [0.05, 0.1) is 44.0 Å². The molecule has 0 unspecified atom stereocenters. The van der Waals surface area contributed by atoms with E-state index in [0.717, 1.165) is 23.1 Å². The second kappa shape index (κ2) is 8.17. The molecular weight excluding hydrogens is 467 g/mol. The molecule has 8 nitrogen and oxygen atoms in total.